The van der Waals surface area contributed by atoms with Crippen molar-refractivity contribution in [2.75, 3.05) is 5.75 Å². The van der Waals surface area contributed by atoms with Gasteiger partial charge in [0.15, 0.2) is 0 Å². The summed E-state index contributed by atoms with van der Waals surface area (Å²) in [5.41, 5.74) is -2.91. The molecule has 0 spiro atoms. The zero-order chi connectivity index (χ0) is 26.6. The molecule has 1 aromatic heterocycles. The van der Waals surface area contributed by atoms with Crippen molar-refractivity contribution in [3.8, 4) is 0 Å². The van der Waals surface area contributed by atoms with Crippen LogP contribution in [0.3, 0.4) is 0 Å². The van der Waals surface area contributed by atoms with E-state index in [-0.39, 0.29) is 34.0 Å². The van der Waals surface area contributed by atoms with Crippen molar-refractivity contribution in [3.63, 3.8) is 0 Å². The number of aromatic nitrogens is 2. The van der Waals surface area contributed by atoms with E-state index in [2.05, 4.69) is 16.4 Å². The molecule has 2 atom stereocenters. The maximum atomic E-state index is 13.9. The van der Waals surface area contributed by atoms with Gasteiger partial charge in [-0.1, -0.05) is 31.7 Å². The number of rotatable bonds is 10. The zero-order valence-corrected chi connectivity index (χ0v) is 20.3. The van der Waals surface area contributed by atoms with Crippen LogP contribution in [0.15, 0.2) is 42.6 Å². The lowest BCUT2D eigenvalue weighted by molar-refractivity contribution is -0.137. The molecule has 0 aliphatic carbocycles. The van der Waals surface area contributed by atoms with Gasteiger partial charge in [0.25, 0.3) is 0 Å². The van der Waals surface area contributed by atoms with Gasteiger partial charge in [-0.3, -0.25) is 9.40 Å². The van der Waals surface area contributed by atoms with E-state index >= 15 is 0 Å². The molecule has 1 aromatic carbocycles. The van der Waals surface area contributed by atoms with Gasteiger partial charge < -0.3 is 5.11 Å². The standard InChI is InChI=1S/C23H28F5N3O3S/c1-5-8-19(30-35(33,34)7-3)18-14-29-31(15(18)4)22(13-21(24)25,20(32)6-2)16-9-11-17(12-10-16)23(26,27)28/h5,8-12,14,20-21,30,32H,4,6-7,13H2,1-3H3/b8-5-,19-18+. The third kappa shape index (κ3) is 6.10. The van der Waals surface area contributed by atoms with Gasteiger partial charge in [-0.05, 0) is 44.0 Å². The number of sulfonamides is 1. The number of allylic oxidation sites excluding steroid dienone is 1. The Labute approximate surface area is 200 Å². The van der Waals surface area contributed by atoms with E-state index in [0.717, 1.165) is 28.9 Å². The van der Waals surface area contributed by atoms with Crippen LogP contribution in [0, 0.1) is 0 Å². The smallest absolute Gasteiger partial charge is 0.390 e. The van der Waals surface area contributed by atoms with Crippen molar-refractivity contribution in [1.82, 2.24) is 14.5 Å². The van der Waals surface area contributed by atoms with Gasteiger partial charge in [-0.15, -0.1) is 0 Å². The first-order valence-corrected chi connectivity index (χ1v) is 12.4. The molecule has 2 unspecified atom stereocenters. The highest BCUT2D eigenvalue weighted by Gasteiger charge is 2.45. The normalized spacial score (nSPS) is 16.4. The highest BCUT2D eigenvalue weighted by Crippen LogP contribution is 2.38. The minimum Gasteiger partial charge on any atom is -0.390 e. The predicted molar refractivity (Wildman–Crippen MR) is 123 cm³/mol. The van der Waals surface area contributed by atoms with Gasteiger partial charge >= 0.3 is 6.18 Å². The van der Waals surface area contributed by atoms with Crippen LogP contribution in [0.2, 0.25) is 0 Å². The summed E-state index contributed by atoms with van der Waals surface area (Å²) in [6.07, 6.45) is -5.91. The van der Waals surface area contributed by atoms with Crippen LogP contribution < -0.4 is 15.3 Å². The molecule has 1 heterocycles. The molecular weight excluding hydrogens is 493 g/mol. The second-order valence-corrected chi connectivity index (χ2v) is 9.87. The minimum atomic E-state index is -4.64. The number of hydrogen-bond donors (Lipinski definition) is 2. The fraction of sp³-hybridized carbons (Fsp3) is 0.435. The van der Waals surface area contributed by atoms with Gasteiger partial charge in [-0.2, -0.15) is 18.3 Å². The quantitative estimate of drug-likeness (QED) is 0.471. The maximum absolute atomic E-state index is 13.9. The van der Waals surface area contributed by atoms with Crippen molar-refractivity contribution >= 4 is 22.3 Å². The largest absolute Gasteiger partial charge is 0.416 e. The monoisotopic (exact) mass is 521 g/mol. The van der Waals surface area contributed by atoms with Crippen LogP contribution in [0.4, 0.5) is 22.0 Å². The lowest BCUT2D eigenvalue weighted by Gasteiger charge is -2.39. The molecule has 2 rings (SSSR count). The third-order valence-electron chi connectivity index (χ3n) is 5.63. The lowest BCUT2D eigenvalue weighted by Crippen LogP contribution is -2.53. The Balaban J connectivity index is 2.91. The van der Waals surface area contributed by atoms with Crippen LogP contribution in [0.25, 0.3) is 12.3 Å². The van der Waals surface area contributed by atoms with E-state index in [1.54, 1.807) is 13.0 Å². The summed E-state index contributed by atoms with van der Waals surface area (Å²) in [5, 5.41) is 15.3. The summed E-state index contributed by atoms with van der Waals surface area (Å²) in [4.78, 5) is 0. The Morgan fingerprint density at radius 3 is 2.23 bits per heavy atom. The molecule has 2 aromatic rings. The molecule has 0 fully saturated rings. The molecule has 0 saturated heterocycles. The molecule has 194 valence electrons. The van der Waals surface area contributed by atoms with Crippen molar-refractivity contribution in [3.05, 3.63) is 64.3 Å². The topological polar surface area (TPSA) is 84.2 Å². The van der Waals surface area contributed by atoms with Crippen LogP contribution in [0.1, 0.15) is 44.7 Å². The van der Waals surface area contributed by atoms with Crippen molar-refractivity contribution in [2.45, 2.75) is 57.9 Å². The average Bonchev–Trinajstić information content (AvgIpc) is 3.17. The average molecular weight is 522 g/mol. The van der Waals surface area contributed by atoms with E-state index in [9.17, 15) is 35.5 Å². The molecule has 0 bridgehead atoms. The number of aliphatic hydroxyl groups excluding tert-OH is 1. The number of nitrogens with one attached hydrogen (secondary N) is 1. The molecule has 0 aliphatic heterocycles. The number of nitrogens with zero attached hydrogens (tertiary/aromatic N) is 2. The van der Waals surface area contributed by atoms with Crippen LogP contribution in [0.5, 0.6) is 0 Å². The van der Waals surface area contributed by atoms with Gasteiger partial charge in [0.1, 0.15) is 5.54 Å². The molecule has 12 heteroatoms. The fourth-order valence-corrected chi connectivity index (χ4v) is 4.50. The summed E-state index contributed by atoms with van der Waals surface area (Å²) in [6, 6.07) is 3.55. The van der Waals surface area contributed by atoms with Crippen molar-refractivity contribution < 1.29 is 35.5 Å². The number of alkyl halides is 5. The lowest BCUT2D eigenvalue weighted by atomic mass is 9.80. The molecule has 6 nitrogen and oxygen atoms in total. The Bertz CT molecular complexity index is 1250. The highest BCUT2D eigenvalue weighted by molar-refractivity contribution is 7.89. The molecule has 0 radical (unpaired) electrons. The molecule has 0 amide bonds. The number of halogens is 5. The molecule has 0 saturated carbocycles. The minimum absolute atomic E-state index is 0.00930. The number of aliphatic hydroxyl groups is 1. The Morgan fingerprint density at radius 2 is 1.77 bits per heavy atom. The van der Waals surface area contributed by atoms with Crippen LogP contribution in [-0.2, 0) is 21.7 Å². The van der Waals surface area contributed by atoms with Crippen LogP contribution >= 0.6 is 0 Å². The molecule has 0 aliphatic rings. The second kappa shape index (κ2) is 10.9. The highest BCUT2D eigenvalue weighted by atomic mass is 32.2. The van der Waals surface area contributed by atoms with E-state index in [1.165, 1.54) is 26.1 Å². The Morgan fingerprint density at radius 1 is 1.20 bits per heavy atom. The summed E-state index contributed by atoms with van der Waals surface area (Å²) >= 11 is 0. The third-order valence-corrected chi connectivity index (χ3v) is 6.92. The van der Waals surface area contributed by atoms with Gasteiger partial charge in [0, 0.05) is 11.6 Å². The van der Waals surface area contributed by atoms with E-state index in [4.69, 9.17) is 0 Å². The van der Waals surface area contributed by atoms with Crippen molar-refractivity contribution in [1.29, 1.82) is 0 Å². The van der Waals surface area contributed by atoms with Crippen LogP contribution in [-0.4, -0.2) is 41.6 Å². The number of benzene rings is 1. The first-order valence-electron chi connectivity index (χ1n) is 10.8. The van der Waals surface area contributed by atoms with Crippen molar-refractivity contribution in [2.24, 2.45) is 0 Å². The predicted octanol–water partition coefficient (Wildman–Crippen LogP) is 3.11. The zero-order valence-electron chi connectivity index (χ0n) is 19.5. The first kappa shape index (κ1) is 28.5. The molecular formula is C23H28F5N3O3S. The Kier molecular flexibility index (Phi) is 8.88. The van der Waals surface area contributed by atoms with Gasteiger partial charge in [0.2, 0.25) is 16.4 Å². The molecule has 35 heavy (non-hydrogen) atoms. The summed E-state index contributed by atoms with van der Waals surface area (Å²) in [5.74, 6) is -0.232. The molecule has 2 N–H and O–H groups in total. The SMILES string of the molecule is C=c1/c(=C(\C=C/C)NS(=O)(=O)CC)cnn1C(CC(F)F)(c1ccc(C(F)(F)F)cc1)C(O)CC. The maximum Gasteiger partial charge on any atom is 0.416 e. The van der Waals surface area contributed by atoms with E-state index in [0.29, 0.717) is 0 Å². The van der Waals surface area contributed by atoms with E-state index in [1.807, 2.05) is 0 Å². The summed E-state index contributed by atoms with van der Waals surface area (Å²) in [7, 11) is -3.72. The van der Waals surface area contributed by atoms with Gasteiger partial charge in [-0.25, -0.2) is 17.2 Å². The number of hydrogen-bond acceptors (Lipinski definition) is 4. The fourth-order valence-electron chi connectivity index (χ4n) is 3.84. The first-order chi connectivity index (χ1) is 16.2. The summed E-state index contributed by atoms with van der Waals surface area (Å²) in [6.45, 7) is 8.49. The second-order valence-electron chi connectivity index (χ2n) is 7.85. The summed E-state index contributed by atoms with van der Waals surface area (Å²) < 4.78 is 94.8. The van der Waals surface area contributed by atoms with Gasteiger partial charge in [0.05, 0.1) is 34.7 Å². The van der Waals surface area contributed by atoms with E-state index < -0.39 is 46.3 Å². The Hall–Kier alpha value is -2.73.